The maximum Gasteiger partial charge on any atom is 0.128 e. The van der Waals surface area contributed by atoms with Crippen molar-refractivity contribution in [3.63, 3.8) is 0 Å². The smallest absolute Gasteiger partial charge is 0.128 e. The molecule has 0 aliphatic rings. The number of hydrogen-bond acceptors (Lipinski definition) is 2. The molecule has 0 amide bonds. The Morgan fingerprint density at radius 1 is 1.50 bits per heavy atom. The van der Waals surface area contributed by atoms with Gasteiger partial charge in [-0.15, -0.1) is 0 Å². The number of nitrogens with one attached hydrogen (secondary N) is 1. The Morgan fingerprint density at radius 2 is 2.21 bits per heavy atom. The van der Waals surface area contributed by atoms with Crippen molar-refractivity contribution in [3.8, 4) is 0 Å². The number of benzene rings is 1. The zero-order valence-corrected chi connectivity index (χ0v) is 8.55. The van der Waals surface area contributed by atoms with Gasteiger partial charge >= 0.3 is 0 Å². The van der Waals surface area contributed by atoms with E-state index in [1.54, 1.807) is 19.1 Å². The second-order valence-corrected chi connectivity index (χ2v) is 3.41. The third kappa shape index (κ3) is 3.00. The predicted octanol–water partition coefficient (Wildman–Crippen LogP) is 2.32. The van der Waals surface area contributed by atoms with Gasteiger partial charge in [0.25, 0.3) is 0 Å². The third-order valence-electron chi connectivity index (χ3n) is 2.18. The minimum absolute atomic E-state index is 0.221. The first kappa shape index (κ1) is 11.0. The molecule has 2 nitrogen and oxygen atoms in total. The van der Waals surface area contributed by atoms with E-state index in [1.807, 2.05) is 6.92 Å². The van der Waals surface area contributed by atoms with Crippen molar-refractivity contribution < 1.29 is 9.50 Å². The average Bonchev–Trinajstić information content (AvgIpc) is 2.19. The Bertz CT molecular complexity index is 301. The van der Waals surface area contributed by atoms with E-state index in [4.69, 9.17) is 0 Å². The van der Waals surface area contributed by atoms with Gasteiger partial charge in [-0.2, -0.15) is 0 Å². The molecule has 1 atom stereocenters. The standard InChI is InChI=1S/C11H16FNO/c1-3-10(14)7-13-9-5-4-8(2)11(12)6-9/h4-6,10,13-14H,3,7H2,1-2H3. The molecule has 0 radical (unpaired) electrons. The molecule has 0 saturated carbocycles. The Kier molecular flexibility index (Phi) is 3.89. The molecule has 2 N–H and O–H groups in total. The number of anilines is 1. The van der Waals surface area contributed by atoms with Crippen LogP contribution in [0.5, 0.6) is 0 Å². The van der Waals surface area contributed by atoms with E-state index in [1.165, 1.54) is 6.07 Å². The van der Waals surface area contributed by atoms with Gasteiger partial charge < -0.3 is 10.4 Å². The summed E-state index contributed by atoms with van der Waals surface area (Å²) in [4.78, 5) is 0. The maximum absolute atomic E-state index is 13.1. The van der Waals surface area contributed by atoms with Gasteiger partial charge in [0.1, 0.15) is 5.82 Å². The van der Waals surface area contributed by atoms with Gasteiger partial charge in [0.05, 0.1) is 6.10 Å². The molecule has 0 heterocycles. The van der Waals surface area contributed by atoms with Gasteiger partial charge in [-0.05, 0) is 31.0 Å². The summed E-state index contributed by atoms with van der Waals surface area (Å²) in [7, 11) is 0. The fourth-order valence-electron chi connectivity index (χ4n) is 1.08. The summed E-state index contributed by atoms with van der Waals surface area (Å²) in [6.45, 7) is 4.08. The van der Waals surface area contributed by atoms with Crippen LogP contribution in [0.4, 0.5) is 10.1 Å². The van der Waals surface area contributed by atoms with Crippen LogP contribution in [0.1, 0.15) is 18.9 Å². The average molecular weight is 197 g/mol. The van der Waals surface area contributed by atoms with Crippen LogP contribution in [-0.4, -0.2) is 17.8 Å². The molecule has 0 saturated heterocycles. The van der Waals surface area contributed by atoms with E-state index in [-0.39, 0.29) is 11.9 Å². The number of aliphatic hydroxyl groups is 1. The molecule has 0 bridgehead atoms. The van der Waals surface area contributed by atoms with Crippen LogP contribution >= 0.6 is 0 Å². The molecular formula is C11H16FNO. The highest BCUT2D eigenvalue weighted by Crippen LogP contribution is 2.13. The van der Waals surface area contributed by atoms with Crippen molar-refractivity contribution in [1.29, 1.82) is 0 Å². The Balaban J connectivity index is 2.55. The molecule has 0 aliphatic heterocycles. The van der Waals surface area contributed by atoms with Crippen molar-refractivity contribution >= 4 is 5.69 Å². The summed E-state index contributed by atoms with van der Waals surface area (Å²) in [5.74, 6) is -0.221. The topological polar surface area (TPSA) is 32.3 Å². The second kappa shape index (κ2) is 4.96. The lowest BCUT2D eigenvalue weighted by atomic mass is 10.2. The highest BCUT2D eigenvalue weighted by molar-refractivity contribution is 5.45. The molecule has 0 fully saturated rings. The highest BCUT2D eigenvalue weighted by Gasteiger charge is 2.02. The maximum atomic E-state index is 13.1. The van der Waals surface area contributed by atoms with Crippen LogP contribution in [0.3, 0.4) is 0 Å². The lowest BCUT2D eigenvalue weighted by Crippen LogP contribution is -2.18. The summed E-state index contributed by atoms with van der Waals surface area (Å²) in [6, 6.07) is 4.97. The molecule has 0 aromatic heterocycles. The van der Waals surface area contributed by atoms with Gasteiger partial charge in [0, 0.05) is 12.2 Å². The van der Waals surface area contributed by atoms with Crippen LogP contribution in [0, 0.1) is 12.7 Å². The predicted molar refractivity (Wildman–Crippen MR) is 55.9 cm³/mol. The van der Waals surface area contributed by atoms with Gasteiger partial charge in [-0.3, -0.25) is 0 Å². The number of halogens is 1. The molecular weight excluding hydrogens is 181 g/mol. The van der Waals surface area contributed by atoms with E-state index >= 15 is 0 Å². The van der Waals surface area contributed by atoms with E-state index in [0.29, 0.717) is 24.2 Å². The fraction of sp³-hybridized carbons (Fsp3) is 0.455. The van der Waals surface area contributed by atoms with E-state index in [9.17, 15) is 9.50 Å². The largest absolute Gasteiger partial charge is 0.391 e. The monoisotopic (exact) mass is 197 g/mol. The highest BCUT2D eigenvalue weighted by atomic mass is 19.1. The molecule has 78 valence electrons. The minimum Gasteiger partial charge on any atom is -0.391 e. The normalized spacial score (nSPS) is 12.6. The van der Waals surface area contributed by atoms with Crippen LogP contribution in [0.2, 0.25) is 0 Å². The Hall–Kier alpha value is -1.09. The van der Waals surface area contributed by atoms with Crippen molar-refractivity contribution in [3.05, 3.63) is 29.6 Å². The molecule has 1 aromatic carbocycles. The summed E-state index contributed by atoms with van der Waals surface area (Å²) in [6.07, 6.45) is 0.320. The zero-order valence-electron chi connectivity index (χ0n) is 8.55. The summed E-state index contributed by atoms with van der Waals surface area (Å²) in [5.41, 5.74) is 1.34. The SMILES string of the molecule is CCC(O)CNc1ccc(C)c(F)c1. The first-order chi connectivity index (χ1) is 6.63. The molecule has 1 rings (SSSR count). The van der Waals surface area contributed by atoms with Gasteiger partial charge in [0.15, 0.2) is 0 Å². The van der Waals surface area contributed by atoms with Crippen molar-refractivity contribution in [2.24, 2.45) is 0 Å². The number of rotatable bonds is 4. The quantitative estimate of drug-likeness (QED) is 0.776. The van der Waals surface area contributed by atoms with Crippen LogP contribution in [-0.2, 0) is 0 Å². The van der Waals surface area contributed by atoms with Crippen LogP contribution in [0.15, 0.2) is 18.2 Å². The first-order valence-electron chi connectivity index (χ1n) is 4.81. The molecule has 0 aliphatic carbocycles. The van der Waals surface area contributed by atoms with Crippen molar-refractivity contribution in [1.82, 2.24) is 0 Å². The zero-order chi connectivity index (χ0) is 10.6. The van der Waals surface area contributed by atoms with Gasteiger partial charge in [-0.1, -0.05) is 13.0 Å². The molecule has 1 aromatic rings. The van der Waals surface area contributed by atoms with Crippen LogP contribution < -0.4 is 5.32 Å². The second-order valence-electron chi connectivity index (χ2n) is 3.41. The number of aryl methyl sites for hydroxylation is 1. The van der Waals surface area contributed by atoms with Crippen molar-refractivity contribution in [2.45, 2.75) is 26.4 Å². The Labute approximate surface area is 83.8 Å². The number of hydrogen-bond donors (Lipinski definition) is 2. The van der Waals surface area contributed by atoms with Crippen molar-refractivity contribution in [2.75, 3.05) is 11.9 Å². The Morgan fingerprint density at radius 3 is 2.79 bits per heavy atom. The summed E-state index contributed by atoms with van der Waals surface area (Å²) < 4.78 is 13.1. The molecule has 1 unspecified atom stereocenters. The first-order valence-corrected chi connectivity index (χ1v) is 4.81. The molecule has 3 heteroatoms. The lowest BCUT2D eigenvalue weighted by molar-refractivity contribution is 0.183. The number of aliphatic hydroxyl groups excluding tert-OH is 1. The third-order valence-corrected chi connectivity index (χ3v) is 2.18. The lowest BCUT2D eigenvalue weighted by Gasteiger charge is -2.10. The fourth-order valence-corrected chi connectivity index (χ4v) is 1.08. The van der Waals surface area contributed by atoms with E-state index in [2.05, 4.69) is 5.32 Å². The van der Waals surface area contributed by atoms with Gasteiger partial charge in [-0.25, -0.2) is 4.39 Å². The van der Waals surface area contributed by atoms with Crippen LogP contribution in [0.25, 0.3) is 0 Å². The molecule has 14 heavy (non-hydrogen) atoms. The molecule has 0 spiro atoms. The summed E-state index contributed by atoms with van der Waals surface area (Å²) >= 11 is 0. The summed E-state index contributed by atoms with van der Waals surface area (Å²) in [5, 5.41) is 12.3. The van der Waals surface area contributed by atoms with Gasteiger partial charge in [0.2, 0.25) is 0 Å². The van der Waals surface area contributed by atoms with E-state index in [0.717, 1.165) is 0 Å². The minimum atomic E-state index is -0.376. The van der Waals surface area contributed by atoms with E-state index < -0.39 is 0 Å².